The van der Waals surface area contributed by atoms with E-state index in [-0.39, 0.29) is 0 Å². The molecule has 1 unspecified atom stereocenters. The molecule has 56 valence electrons. The summed E-state index contributed by atoms with van der Waals surface area (Å²) in [6.07, 6.45) is 4.50. The van der Waals surface area contributed by atoms with Crippen LogP contribution in [0.3, 0.4) is 0 Å². The molecule has 0 aliphatic carbocycles. The van der Waals surface area contributed by atoms with E-state index in [4.69, 9.17) is 5.21 Å². The molecule has 0 saturated carbocycles. The van der Waals surface area contributed by atoms with Crippen molar-refractivity contribution in [3.05, 3.63) is 0 Å². The van der Waals surface area contributed by atoms with Crippen LogP contribution in [0.5, 0.6) is 0 Å². The van der Waals surface area contributed by atoms with Crippen molar-refractivity contribution in [2.24, 2.45) is 0 Å². The van der Waals surface area contributed by atoms with Crippen molar-refractivity contribution in [2.75, 3.05) is 0 Å². The first-order valence-corrected chi connectivity index (χ1v) is 3.74. The van der Waals surface area contributed by atoms with Crippen LogP contribution < -0.4 is 5.48 Å². The molecule has 0 amide bonds. The first kappa shape index (κ1) is 8.92. The topological polar surface area (TPSA) is 32.3 Å². The van der Waals surface area contributed by atoms with Gasteiger partial charge < -0.3 is 5.21 Å². The second-order valence-corrected chi connectivity index (χ2v) is 2.38. The Kier molecular flexibility index (Phi) is 5.99. The molecule has 0 spiro atoms. The van der Waals surface area contributed by atoms with Crippen LogP contribution in [0.4, 0.5) is 0 Å². The van der Waals surface area contributed by atoms with E-state index in [1.54, 1.807) is 0 Å². The van der Waals surface area contributed by atoms with Crippen LogP contribution in [0.15, 0.2) is 0 Å². The summed E-state index contributed by atoms with van der Waals surface area (Å²) in [7, 11) is 0. The highest BCUT2D eigenvalue weighted by Gasteiger charge is 2.00. The Bertz CT molecular complexity index is 52.9. The highest BCUT2D eigenvalue weighted by molar-refractivity contribution is 4.57. The molecule has 0 fully saturated rings. The van der Waals surface area contributed by atoms with Crippen molar-refractivity contribution in [1.29, 1.82) is 0 Å². The molecule has 0 heterocycles. The SMILES string of the molecule is CCCCC(CC)NO. The fourth-order valence-corrected chi connectivity index (χ4v) is 0.810. The lowest BCUT2D eigenvalue weighted by molar-refractivity contribution is 0.118. The van der Waals surface area contributed by atoms with Crippen molar-refractivity contribution >= 4 is 0 Å². The fourth-order valence-electron chi connectivity index (χ4n) is 0.810. The molecule has 9 heavy (non-hydrogen) atoms. The Morgan fingerprint density at radius 1 is 1.44 bits per heavy atom. The van der Waals surface area contributed by atoms with Crippen molar-refractivity contribution in [2.45, 2.75) is 45.6 Å². The number of nitrogens with one attached hydrogen (secondary N) is 1. The van der Waals surface area contributed by atoms with Gasteiger partial charge in [-0.25, -0.2) is 5.48 Å². The van der Waals surface area contributed by atoms with Crippen LogP contribution in [-0.4, -0.2) is 11.2 Å². The molecular weight excluding hydrogens is 114 g/mol. The van der Waals surface area contributed by atoms with E-state index in [0.29, 0.717) is 6.04 Å². The molecule has 0 aromatic carbocycles. The number of hydrogen-bond acceptors (Lipinski definition) is 2. The third-order valence-corrected chi connectivity index (χ3v) is 1.58. The van der Waals surface area contributed by atoms with Crippen LogP contribution in [0.2, 0.25) is 0 Å². The van der Waals surface area contributed by atoms with Crippen molar-refractivity contribution in [3.8, 4) is 0 Å². The van der Waals surface area contributed by atoms with Crippen molar-refractivity contribution in [3.63, 3.8) is 0 Å². The summed E-state index contributed by atoms with van der Waals surface area (Å²) in [5.41, 5.74) is 2.29. The fraction of sp³-hybridized carbons (Fsp3) is 1.00. The minimum Gasteiger partial charge on any atom is -0.317 e. The minimum absolute atomic E-state index is 0.310. The Balaban J connectivity index is 3.09. The van der Waals surface area contributed by atoms with Gasteiger partial charge in [0.15, 0.2) is 0 Å². The van der Waals surface area contributed by atoms with Crippen molar-refractivity contribution < 1.29 is 5.21 Å². The average Bonchev–Trinajstić information content (AvgIpc) is 1.91. The number of unbranched alkanes of at least 4 members (excludes halogenated alkanes) is 1. The quantitative estimate of drug-likeness (QED) is 0.559. The van der Waals surface area contributed by atoms with Gasteiger partial charge >= 0.3 is 0 Å². The monoisotopic (exact) mass is 131 g/mol. The van der Waals surface area contributed by atoms with Crippen LogP contribution in [-0.2, 0) is 0 Å². The van der Waals surface area contributed by atoms with Gasteiger partial charge in [0, 0.05) is 6.04 Å². The summed E-state index contributed by atoms with van der Waals surface area (Å²) < 4.78 is 0. The van der Waals surface area contributed by atoms with Gasteiger partial charge in [0.05, 0.1) is 0 Å². The summed E-state index contributed by atoms with van der Waals surface area (Å²) in [6, 6.07) is 0.310. The summed E-state index contributed by atoms with van der Waals surface area (Å²) >= 11 is 0. The Morgan fingerprint density at radius 3 is 2.44 bits per heavy atom. The van der Waals surface area contributed by atoms with Crippen molar-refractivity contribution in [1.82, 2.24) is 5.48 Å². The van der Waals surface area contributed by atoms with E-state index in [2.05, 4.69) is 19.3 Å². The zero-order valence-corrected chi connectivity index (χ0v) is 6.35. The van der Waals surface area contributed by atoms with Gasteiger partial charge in [-0.2, -0.15) is 0 Å². The molecule has 2 N–H and O–H groups in total. The summed E-state index contributed by atoms with van der Waals surface area (Å²) in [5, 5.41) is 8.50. The molecule has 0 aromatic rings. The molecule has 2 nitrogen and oxygen atoms in total. The zero-order chi connectivity index (χ0) is 7.11. The maximum atomic E-state index is 8.50. The second-order valence-electron chi connectivity index (χ2n) is 2.38. The van der Waals surface area contributed by atoms with E-state index in [1.807, 2.05) is 0 Å². The highest BCUT2D eigenvalue weighted by atomic mass is 16.5. The van der Waals surface area contributed by atoms with Crippen LogP contribution in [0.25, 0.3) is 0 Å². The predicted octanol–water partition coefficient (Wildman–Crippen LogP) is 1.93. The largest absolute Gasteiger partial charge is 0.317 e. The van der Waals surface area contributed by atoms with Gasteiger partial charge in [0.25, 0.3) is 0 Å². The lowest BCUT2D eigenvalue weighted by Gasteiger charge is -2.10. The summed E-state index contributed by atoms with van der Waals surface area (Å²) in [4.78, 5) is 0. The molecule has 2 heteroatoms. The third-order valence-electron chi connectivity index (χ3n) is 1.58. The lowest BCUT2D eigenvalue weighted by Crippen LogP contribution is -2.24. The molecule has 1 atom stereocenters. The molecular formula is C7H17NO. The summed E-state index contributed by atoms with van der Waals surface area (Å²) in [6.45, 7) is 4.23. The normalized spacial score (nSPS) is 13.7. The summed E-state index contributed by atoms with van der Waals surface area (Å²) in [5.74, 6) is 0. The molecule has 0 radical (unpaired) electrons. The second kappa shape index (κ2) is 6.05. The predicted molar refractivity (Wildman–Crippen MR) is 38.5 cm³/mol. The lowest BCUT2D eigenvalue weighted by atomic mass is 10.1. The molecule has 0 rings (SSSR count). The Hall–Kier alpha value is -0.0800. The van der Waals surface area contributed by atoms with E-state index in [9.17, 15) is 0 Å². The molecule has 0 aliphatic rings. The number of hydrogen-bond donors (Lipinski definition) is 2. The van der Waals surface area contributed by atoms with E-state index >= 15 is 0 Å². The first-order chi connectivity index (χ1) is 4.35. The van der Waals surface area contributed by atoms with Gasteiger partial charge in [0.1, 0.15) is 0 Å². The van der Waals surface area contributed by atoms with Gasteiger partial charge in [-0.1, -0.05) is 26.7 Å². The first-order valence-electron chi connectivity index (χ1n) is 3.74. The van der Waals surface area contributed by atoms with Crippen LogP contribution in [0, 0.1) is 0 Å². The third kappa shape index (κ3) is 4.43. The van der Waals surface area contributed by atoms with E-state index < -0.39 is 0 Å². The van der Waals surface area contributed by atoms with Crippen LogP contribution >= 0.6 is 0 Å². The molecule has 0 bridgehead atoms. The van der Waals surface area contributed by atoms with Gasteiger partial charge in [-0.05, 0) is 12.8 Å². The smallest absolute Gasteiger partial charge is 0.0317 e. The van der Waals surface area contributed by atoms with E-state index in [1.165, 1.54) is 12.8 Å². The Labute approximate surface area is 57.2 Å². The highest BCUT2D eigenvalue weighted by Crippen LogP contribution is 2.02. The van der Waals surface area contributed by atoms with Gasteiger partial charge in [-0.15, -0.1) is 0 Å². The van der Waals surface area contributed by atoms with Gasteiger partial charge in [-0.3, -0.25) is 0 Å². The minimum atomic E-state index is 0.310. The van der Waals surface area contributed by atoms with E-state index in [0.717, 1.165) is 12.8 Å². The maximum Gasteiger partial charge on any atom is 0.0317 e. The van der Waals surface area contributed by atoms with Crippen LogP contribution in [0.1, 0.15) is 39.5 Å². The number of hydroxylamine groups is 1. The van der Waals surface area contributed by atoms with Gasteiger partial charge in [0.2, 0.25) is 0 Å². The average molecular weight is 131 g/mol. The number of rotatable bonds is 5. The molecule has 0 saturated heterocycles. The Morgan fingerprint density at radius 2 is 2.11 bits per heavy atom. The zero-order valence-electron chi connectivity index (χ0n) is 6.35. The molecule has 0 aliphatic heterocycles. The molecule has 0 aromatic heterocycles. The standard InChI is InChI=1S/C7H17NO/c1-3-5-6-7(4-2)8-9/h7-9H,3-6H2,1-2H3. The maximum absolute atomic E-state index is 8.50.